The van der Waals surface area contributed by atoms with Gasteiger partial charge in [0.15, 0.2) is 0 Å². The summed E-state index contributed by atoms with van der Waals surface area (Å²) in [6, 6.07) is 8.56. The summed E-state index contributed by atoms with van der Waals surface area (Å²) in [5, 5.41) is 2.84. The van der Waals surface area contributed by atoms with Gasteiger partial charge in [-0.25, -0.2) is 0 Å². The van der Waals surface area contributed by atoms with Crippen molar-refractivity contribution in [3.63, 3.8) is 0 Å². The third-order valence-electron chi connectivity index (χ3n) is 2.07. The van der Waals surface area contributed by atoms with Crippen molar-refractivity contribution in [2.24, 2.45) is 0 Å². The van der Waals surface area contributed by atoms with Crippen molar-refractivity contribution in [1.29, 1.82) is 0 Å². The quantitative estimate of drug-likeness (QED) is 0.801. The fourth-order valence-electron chi connectivity index (χ4n) is 1.34. The maximum atomic E-state index is 12.4. The zero-order valence-corrected chi connectivity index (χ0v) is 8.18. The van der Waals surface area contributed by atoms with Gasteiger partial charge in [0.05, 0.1) is 5.56 Å². The van der Waals surface area contributed by atoms with Gasteiger partial charge < -0.3 is 10.3 Å². The van der Waals surface area contributed by atoms with Crippen molar-refractivity contribution in [2.45, 2.75) is 6.18 Å². The van der Waals surface area contributed by atoms with Crippen molar-refractivity contribution in [3.05, 3.63) is 48.2 Å². The normalized spacial score (nSPS) is 11.4. The van der Waals surface area contributed by atoms with Gasteiger partial charge in [0.25, 0.3) is 0 Å². The highest BCUT2D eigenvalue weighted by atomic mass is 19.4. The van der Waals surface area contributed by atoms with Crippen molar-refractivity contribution < 1.29 is 13.2 Å². The number of benzene rings is 1. The predicted octanol–water partition coefficient (Wildman–Crippen LogP) is 3.78. The monoisotopic (exact) mass is 226 g/mol. The van der Waals surface area contributed by atoms with E-state index < -0.39 is 11.7 Å². The van der Waals surface area contributed by atoms with Crippen molar-refractivity contribution in [3.8, 4) is 0 Å². The number of H-pyrrole nitrogens is 1. The highest BCUT2D eigenvalue weighted by Gasteiger charge is 2.30. The summed E-state index contributed by atoms with van der Waals surface area (Å²) in [4.78, 5) is 2.85. The van der Waals surface area contributed by atoms with Crippen LogP contribution in [0.15, 0.2) is 42.6 Å². The molecule has 0 unspecified atom stereocenters. The Hall–Kier alpha value is -1.91. The van der Waals surface area contributed by atoms with Crippen LogP contribution in [0.3, 0.4) is 0 Å². The van der Waals surface area contributed by atoms with Gasteiger partial charge in [0.2, 0.25) is 0 Å². The summed E-state index contributed by atoms with van der Waals surface area (Å²) in [5.74, 6) is 0.652. The molecule has 0 radical (unpaired) electrons. The summed E-state index contributed by atoms with van der Waals surface area (Å²) in [6.45, 7) is 0. The van der Waals surface area contributed by atoms with E-state index in [1.54, 1.807) is 24.4 Å². The molecular formula is C11H9F3N2. The number of alkyl halides is 3. The molecule has 0 saturated heterocycles. The van der Waals surface area contributed by atoms with E-state index in [0.29, 0.717) is 11.5 Å². The number of anilines is 2. The van der Waals surface area contributed by atoms with Crippen molar-refractivity contribution in [1.82, 2.24) is 4.98 Å². The Kier molecular flexibility index (Phi) is 2.60. The second-order valence-corrected chi connectivity index (χ2v) is 3.29. The maximum Gasteiger partial charge on any atom is 0.416 e. The zero-order chi connectivity index (χ0) is 11.6. The van der Waals surface area contributed by atoms with Crippen LogP contribution in [0.1, 0.15) is 5.56 Å². The first-order valence-electron chi connectivity index (χ1n) is 4.63. The van der Waals surface area contributed by atoms with Crippen molar-refractivity contribution in [2.75, 3.05) is 5.32 Å². The number of nitrogens with one attached hydrogen (secondary N) is 2. The number of aromatic amines is 1. The Balaban J connectivity index is 2.23. The van der Waals surface area contributed by atoms with Gasteiger partial charge in [0, 0.05) is 11.9 Å². The Labute approximate surface area is 90.1 Å². The largest absolute Gasteiger partial charge is 0.416 e. The van der Waals surface area contributed by atoms with E-state index >= 15 is 0 Å². The lowest BCUT2D eigenvalue weighted by molar-refractivity contribution is -0.137. The van der Waals surface area contributed by atoms with Gasteiger partial charge in [-0.1, -0.05) is 6.07 Å². The number of rotatable bonds is 2. The summed E-state index contributed by atoms with van der Waals surface area (Å²) < 4.78 is 37.2. The van der Waals surface area contributed by atoms with Crippen LogP contribution in [0.5, 0.6) is 0 Å². The van der Waals surface area contributed by atoms with Gasteiger partial charge in [-0.15, -0.1) is 0 Å². The number of hydrogen-bond donors (Lipinski definition) is 2. The van der Waals surface area contributed by atoms with Crippen LogP contribution in [0.2, 0.25) is 0 Å². The van der Waals surface area contributed by atoms with Gasteiger partial charge in [-0.05, 0) is 30.3 Å². The number of aromatic nitrogens is 1. The minimum Gasteiger partial charge on any atom is -0.348 e. The molecule has 1 heterocycles. The molecule has 1 aromatic carbocycles. The minimum absolute atomic E-state index is 0.400. The summed E-state index contributed by atoms with van der Waals surface area (Å²) in [5.41, 5.74) is -0.263. The minimum atomic E-state index is -4.31. The molecule has 1 aromatic heterocycles. The molecule has 0 amide bonds. The molecule has 2 nitrogen and oxygen atoms in total. The SMILES string of the molecule is FC(F)(F)c1cccc(Nc2ccc[nH]2)c1. The summed E-state index contributed by atoms with van der Waals surface area (Å²) in [7, 11) is 0. The smallest absolute Gasteiger partial charge is 0.348 e. The molecule has 0 atom stereocenters. The van der Waals surface area contributed by atoms with Gasteiger partial charge >= 0.3 is 6.18 Å². The lowest BCUT2D eigenvalue weighted by Crippen LogP contribution is -2.05. The van der Waals surface area contributed by atoms with E-state index in [-0.39, 0.29) is 0 Å². The fraction of sp³-hybridized carbons (Fsp3) is 0.0909. The topological polar surface area (TPSA) is 27.8 Å². The Morgan fingerprint density at radius 3 is 2.50 bits per heavy atom. The Morgan fingerprint density at radius 2 is 1.88 bits per heavy atom. The van der Waals surface area contributed by atoms with Crippen LogP contribution in [-0.2, 0) is 6.18 Å². The molecule has 2 N–H and O–H groups in total. The molecule has 0 spiro atoms. The maximum absolute atomic E-state index is 12.4. The van der Waals surface area contributed by atoms with Crippen LogP contribution < -0.4 is 5.32 Å². The van der Waals surface area contributed by atoms with E-state index in [1.807, 2.05) is 0 Å². The van der Waals surface area contributed by atoms with Crippen LogP contribution in [-0.4, -0.2) is 4.98 Å². The lowest BCUT2D eigenvalue weighted by atomic mass is 10.2. The van der Waals surface area contributed by atoms with Gasteiger partial charge in [0.1, 0.15) is 5.82 Å². The lowest BCUT2D eigenvalue weighted by Gasteiger charge is -2.09. The molecule has 0 aliphatic carbocycles. The Morgan fingerprint density at radius 1 is 1.06 bits per heavy atom. The van der Waals surface area contributed by atoms with Crippen LogP contribution >= 0.6 is 0 Å². The first kappa shape index (κ1) is 10.6. The molecule has 0 saturated carbocycles. The second kappa shape index (κ2) is 3.92. The summed E-state index contributed by atoms with van der Waals surface area (Å²) in [6.07, 6.45) is -2.62. The third kappa shape index (κ3) is 2.36. The van der Waals surface area contributed by atoms with Gasteiger partial charge in [-0.2, -0.15) is 13.2 Å². The molecular weight excluding hydrogens is 217 g/mol. The standard InChI is InChI=1S/C11H9F3N2/c12-11(13,14)8-3-1-4-9(7-8)16-10-5-2-6-15-10/h1-7,15-16H. The van der Waals surface area contributed by atoms with Crippen LogP contribution in [0, 0.1) is 0 Å². The zero-order valence-electron chi connectivity index (χ0n) is 8.18. The van der Waals surface area contributed by atoms with E-state index in [4.69, 9.17) is 0 Å². The van der Waals surface area contributed by atoms with E-state index in [1.165, 1.54) is 6.07 Å². The predicted molar refractivity (Wildman–Crippen MR) is 55.5 cm³/mol. The average Bonchev–Trinajstić information content (AvgIpc) is 2.70. The molecule has 0 fully saturated rings. The molecule has 0 aliphatic rings. The molecule has 16 heavy (non-hydrogen) atoms. The highest BCUT2D eigenvalue weighted by Crippen LogP contribution is 2.31. The molecule has 0 bridgehead atoms. The molecule has 5 heteroatoms. The van der Waals surface area contributed by atoms with Crippen molar-refractivity contribution >= 4 is 11.5 Å². The van der Waals surface area contributed by atoms with Gasteiger partial charge in [-0.3, -0.25) is 0 Å². The van der Waals surface area contributed by atoms with E-state index in [2.05, 4.69) is 10.3 Å². The van der Waals surface area contributed by atoms with E-state index in [0.717, 1.165) is 12.1 Å². The fourth-order valence-corrected chi connectivity index (χ4v) is 1.34. The second-order valence-electron chi connectivity index (χ2n) is 3.29. The molecule has 2 rings (SSSR count). The highest BCUT2D eigenvalue weighted by molar-refractivity contribution is 5.57. The summed E-state index contributed by atoms with van der Waals surface area (Å²) >= 11 is 0. The van der Waals surface area contributed by atoms with Crippen LogP contribution in [0.25, 0.3) is 0 Å². The van der Waals surface area contributed by atoms with Crippen LogP contribution in [0.4, 0.5) is 24.7 Å². The Bertz CT molecular complexity index is 460. The number of hydrogen-bond acceptors (Lipinski definition) is 1. The molecule has 2 aromatic rings. The average molecular weight is 226 g/mol. The third-order valence-corrected chi connectivity index (χ3v) is 2.07. The molecule has 84 valence electrons. The first-order valence-corrected chi connectivity index (χ1v) is 4.63. The molecule has 0 aliphatic heterocycles. The van der Waals surface area contributed by atoms with E-state index in [9.17, 15) is 13.2 Å². The number of halogens is 3. The first-order chi connectivity index (χ1) is 7.55.